The minimum atomic E-state index is -0.134. The SMILES string of the molecule is O=C(CCSc1nc2ccccc2[nH]1)Nc1ccccc1C(=O)NC1CC1. The normalized spacial score (nSPS) is 13.5. The number of fused-ring (bicyclic) bond motifs is 1. The van der Waals surface area contributed by atoms with Crippen molar-refractivity contribution in [3.8, 4) is 0 Å². The number of imidazole rings is 1. The molecule has 0 saturated heterocycles. The van der Waals surface area contributed by atoms with Crippen molar-refractivity contribution in [2.75, 3.05) is 11.1 Å². The molecule has 1 saturated carbocycles. The molecule has 6 nitrogen and oxygen atoms in total. The number of H-pyrrole nitrogens is 1. The number of anilines is 1. The number of para-hydroxylation sites is 3. The third-order valence-corrected chi connectivity index (χ3v) is 5.17. The van der Waals surface area contributed by atoms with Gasteiger partial charge in [0.1, 0.15) is 0 Å². The summed E-state index contributed by atoms with van der Waals surface area (Å²) in [4.78, 5) is 32.3. The molecule has 138 valence electrons. The summed E-state index contributed by atoms with van der Waals surface area (Å²) in [5.41, 5.74) is 2.96. The second kappa shape index (κ2) is 7.84. The van der Waals surface area contributed by atoms with Crippen LogP contribution in [-0.4, -0.2) is 33.6 Å². The highest BCUT2D eigenvalue weighted by Gasteiger charge is 2.25. The Bertz CT molecular complexity index is 948. The molecular weight excluding hydrogens is 360 g/mol. The first-order chi connectivity index (χ1) is 13.2. The number of hydrogen-bond donors (Lipinski definition) is 3. The molecule has 0 spiro atoms. The van der Waals surface area contributed by atoms with E-state index in [0.29, 0.717) is 23.4 Å². The Balaban J connectivity index is 1.32. The molecule has 0 unspecified atom stereocenters. The fourth-order valence-corrected chi connectivity index (χ4v) is 3.56. The number of amides is 2. The second-order valence-corrected chi connectivity index (χ2v) is 7.58. The van der Waals surface area contributed by atoms with Crippen LogP contribution in [0.2, 0.25) is 0 Å². The lowest BCUT2D eigenvalue weighted by Crippen LogP contribution is -2.27. The van der Waals surface area contributed by atoms with Gasteiger partial charge in [-0.3, -0.25) is 9.59 Å². The number of rotatable bonds is 7. The summed E-state index contributed by atoms with van der Waals surface area (Å²) in [5.74, 6) is 0.345. The minimum Gasteiger partial charge on any atom is -0.349 e. The average Bonchev–Trinajstić information content (AvgIpc) is 3.38. The molecule has 0 atom stereocenters. The molecule has 2 amide bonds. The van der Waals surface area contributed by atoms with Gasteiger partial charge in [-0.25, -0.2) is 4.98 Å². The van der Waals surface area contributed by atoms with E-state index >= 15 is 0 Å². The maximum Gasteiger partial charge on any atom is 0.253 e. The summed E-state index contributed by atoms with van der Waals surface area (Å²) in [7, 11) is 0. The van der Waals surface area contributed by atoms with Gasteiger partial charge in [-0.05, 0) is 37.1 Å². The number of nitrogens with one attached hydrogen (secondary N) is 3. The van der Waals surface area contributed by atoms with Crippen molar-refractivity contribution in [1.82, 2.24) is 15.3 Å². The summed E-state index contributed by atoms with van der Waals surface area (Å²) in [6.07, 6.45) is 2.39. The average molecular weight is 380 g/mol. The van der Waals surface area contributed by atoms with E-state index < -0.39 is 0 Å². The zero-order valence-corrected chi connectivity index (χ0v) is 15.5. The van der Waals surface area contributed by atoms with Crippen LogP contribution in [0.25, 0.3) is 11.0 Å². The van der Waals surface area contributed by atoms with Crippen LogP contribution < -0.4 is 10.6 Å². The Morgan fingerprint density at radius 1 is 1.11 bits per heavy atom. The topological polar surface area (TPSA) is 86.9 Å². The highest BCUT2D eigenvalue weighted by atomic mass is 32.2. The third kappa shape index (κ3) is 4.49. The maximum atomic E-state index is 12.3. The van der Waals surface area contributed by atoms with Gasteiger partial charge in [0, 0.05) is 18.2 Å². The predicted octanol–water partition coefficient (Wildman–Crippen LogP) is 3.58. The first kappa shape index (κ1) is 17.6. The van der Waals surface area contributed by atoms with E-state index in [1.807, 2.05) is 30.3 Å². The molecule has 7 heteroatoms. The number of hydrogen-bond acceptors (Lipinski definition) is 4. The lowest BCUT2D eigenvalue weighted by Gasteiger charge is -2.11. The van der Waals surface area contributed by atoms with Gasteiger partial charge in [-0.2, -0.15) is 0 Å². The second-order valence-electron chi connectivity index (χ2n) is 6.50. The van der Waals surface area contributed by atoms with Crippen molar-refractivity contribution in [2.45, 2.75) is 30.5 Å². The molecule has 3 N–H and O–H groups in total. The summed E-state index contributed by atoms with van der Waals surface area (Å²) < 4.78 is 0. The first-order valence-electron chi connectivity index (χ1n) is 8.96. The summed E-state index contributed by atoms with van der Waals surface area (Å²) >= 11 is 1.51. The number of thioether (sulfide) groups is 1. The molecule has 27 heavy (non-hydrogen) atoms. The summed E-state index contributed by atoms with van der Waals surface area (Å²) in [6, 6.07) is 15.2. The van der Waals surface area contributed by atoms with Crippen molar-refractivity contribution in [1.29, 1.82) is 0 Å². The zero-order chi connectivity index (χ0) is 18.6. The fraction of sp³-hybridized carbons (Fsp3) is 0.250. The van der Waals surface area contributed by atoms with E-state index in [0.717, 1.165) is 29.0 Å². The molecule has 1 heterocycles. The summed E-state index contributed by atoms with van der Waals surface area (Å²) in [6.45, 7) is 0. The smallest absolute Gasteiger partial charge is 0.253 e. The van der Waals surface area contributed by atoms with Crippen LogP contribution in [0.15, 0.2) is 53.7 Å². The van der Waals surface area contributed by atoms with Gasteiger partial charge < -0.3 is 15.6 Å². The molecule has 1 aliphatic rings. The Hall–Kier alpha value is -2.80. The van der Waals surface area contributed by atoms with Crippen molar-refractivity contribution < 1.29 is 9.59 Å². The van der Waals surface area contributed by atoms with Crippen LogP contribution in [0.1, 0.15) is 29.6 Å². The maximum absolute atomic E-state index is 12.3. The Morgan fingerprint density at radius 2 is 1.89 bits per heavy atom. The van der Waals surface area contributed by atoms with Gasteiger partial charge in [0.05, 0.1) is 22.3 Å². The van der Waals surface area contributed by atoms with Crippen LogP contribution >= 0.6 is 11.8 Å². The monoisotopic (exact) mass is 380 g/mol. The number of benzene rings is 2. The van der Waals surface area contributed by atoms with Crippen molar-refractivity contribution in [2.24, 2.45) is 0 Å². The number of aromatic nitrogens is 2. The molecule has 1 aliphatic carbocycles. The standard InChI is InChI=1S/C20H20N4O2S/c25-18(11-12-27-20-23-16-7-3-4-8-17(16)24-20)22-15-6-2-1-5-14(15)19(26)21-13-9-10-13/h1-8,13H,9-12H2,(H,21,26)(H,22,25)(H,23,24). The van der Waals surface area contributed by atoms with Crippen LogP contribution in [-0.2, 0) is 4.79 Å². The number of carbonyl (C=O) groups is 2. The quantitative estimate of drug-likeness (QED) is 0.547. The van der Waals surface area contributed by atoms with Crippen molar-refractivity contribution in [3.05, 3.63) is 54.1 Å². The first-order valence-corrected chi connectivity index (χ1v) is 9.95. The Kier molecular flexibility index (Phi) is 5.11. The Labute approximate surface area is 161 Å². The molecule has 0 aliphatic heterocycles. The van der Waals surface area contributed by atoms with Gasteiger partial charge in [0.2, 0.25) is 5.91 Å². The van der Waals surface area contributed by atoms with E-state index in [9.17, 15) is 9.59 Å². The van der Waals surface area contributed by atoms with Gasteiger partial charge in [-0.15, -0.1) is 0 Å². The molecule has 2 aromatic carbocycles. The lowest BCUT2D eigenvalue weighted by molar-refractivity contribution is -0.115. The number of carbonyl (C=O) groups excluding carboxylic acids is 2. The van der Waals surface area contributed by atoms with Crippen LogP contribution in [0.3, 0.4) is 0 Å². The van der Waals surface area contributed by atoms with E-state index in [4.69, 9.17) is 0 Å². The van der Waals surface area contributed by atoms with Crippen molar-refractivity contribution in [3.63, 3.8) is 0 Å². The van der Waals surface area contributed by atoms with Crippen molar-refractivity contribution >= 4 is 40.3 Å². The van der Waals surface area contributed by atoms with Crippen LogP contribution in [0.4, 0.5) is 5.69 Å². The third-order valence-electron chi connectivity index (χ3n) is 4.29. The van der Waals surface area contributed by atoms with E-state index in [1.54, 1.807) is 18.2 Å². The molecule has 1 aromatic heterocycles. The molecule has 0 bridgehead atoms. The van der Waals surface area contributed by atoms with E-state index in [-0.39, 0.29) is 17.9 Å². The molecule has 3 aromatic rings. The molecular formula is C20H20N4O2S. The zero-order valence-electron chi connectivity index (χ0n) is 14.7. The van der Waals surface area contributed by atoms with Gasteiger partial charge >= 0.3 is 0 Å². The van der Waals surface area contributed by atoms with Gasteiger partial charge in [-0.1, -0.05) is 36.0 Å². The minimum absolute atomic E-state index is 0.120. The van der Waals surface area contributed by atoms with Crippen LogP contribution in [0.5, 0.6) is 0 Å². The molecule has 4 rings (SSSR count). The fourth-order valence-electron chi connectivity index (χ4n) is 2.73. The van der Waals surface area contributed by atoms with E-state index in [2.05, 4.69) is 20.6 Å². The molecule has 0 radical (unpaired) electrons. The van der Waals surface area contributed by atoms with Gasteiger partial charge in [0.25, 0.3) is 5.91 Å². The highest BCUT2D eigenvalue weighted by Crippen LogP contribution is 2.22. The number of nitrogens with zero attached hydrogens (tertiary/aromatic N) is 1. The van der Waals surface area contributed by atoms with Crippen LogP contribution in [0, 0.1) is 0 Å². The van der Waals surface area contributed by atoms with E-state index in [1.165, 1.54) is 11.8 Å². The highest BCUT2D eigenvalue weighted by molar-refractivity contribution is 7.99. The van der Waals surface area contributed by atoms with Gasteiger partial charge in [0.15, 0.2) is 5.16 Å². The largest absolute Gasteiger partial charge is 0.349 e. The Morgan fingerprint density at radius 3 is 2.70 bits per heavy atom. The number of aromatic amines is 1. The predicted molar refractivity (Wildman–Crippen MR) is 107 cm³/mol. The summed E-state index contributed by atoms with van der Waals surface area (Å²) in [5, 5.41) is 6.61. The lowest BCUT2D eigenvalue weighted by atomic mass is 10.1. The molecule has 1 fully saturated rings.